The molecule has 5 rings (SSSR count). The van der Waals surface area contributed by atoms with Crippen LogP contribution in [-0.2, 0) is 11.2 Å². The van der Waals surface area contributed by atoms with Crippen LogP contribution in [0.25, 0.3) is 0 Å². The fourth-order valence-corrected chi connectivity index (χ4v) is 6.01. The van der Waals surface area contributed by atoms with E-state index in [1.54, 1.807) is 6.92 Å². The van der Waals surface area contributed by atoms with Crippen LogP contribution in [0, 0.1) is 11.3 Å². The average molecular weight is 455 g/mol. The molecule has 0 fully saturated rings. The largest absolute Gasteiger partial charge is 0.439 e. The maximum atomic E-state index is 11.9. The standard InChI is InChI=1S/C30H34N2O2/c1-5-32-25-16-15-23(17-21(2)33)18-24(25)30(3,20-22-11-7-6-8-12-22)28(32)19-29-31(4)26-13-9-10-14-27(26)34-29/h6-16,19,23,28H,5,17-18,20H2,1-4H3/b29-19-. The molecule has 4 nitrogen and oxygen atoms in total. The fourth-order valence-electron chi connectivity index (χ4n) is 6.01. The Balaban J connectivity index is 1.56. The second kappa shape index (κ2) is 8.83. The summed E-state index contributed by atoms with van der Waals surface area (Å²) in [5, 5.41) is 0. The highest BCUT2D eigenvalue weighted by atomic mass is 16.5. The SMILES string of the molecule is CCN1C2=C(CC(CC(C)=O)C=C2)C(C)(Cc2ccccc2)C1/C=C1\Oc2ccccc2N1C. The summed E-state index contributed by atoms with van der Waals surface area (Å²) in [7, 11) is 2.08. The fraction of sp³-hybridized carbons (Fsp3) is 0.367. The van der Waals surface area contributed by atoms with Crippen LogP contribution in [0.2, 0.25) is 0 Å². The van der Waals surface area contributed by atoms with Crippen LogP contribution in [0.4, 0.5) is 5.69 Å². The van der Waals surface area contributed by atoms with Crippen molar-refractivity contribution in [1.82, 2.24) is 4.90 Å². The predicted octanol–water partition coefficient (Wildman–Crippen LogP) is 6.12. The normalized spacial score (nSPS) is 26.6. The van der Waals surface area contributed by atoms with E-state index in [1.165, 1.54) is 16.8 Å². The van der Waals surface area contributed by atoms with Gasteiger partial charge in [-0.3, -0.25) is 0 Å². The Morgan fingerprint density at radius 2 is 1.88 bits per heavy atom. The van der Waals surface area contributed by atoms with Crippen molar-refractivity contribution in [3.8, 4) is 5.75 Å². The zero-order chi connectivity index (χ0) is 23.9. The number of likely N-dealkylation sites (N-methyl/N-ethyl adjacent to an activating group) is 1. The van der Waals surface area contributed by atoms with Gasteiger partial charge < -0.3 is 19.3 Å². The van der Waals surface area contributed by atoms with E-state index >= 15 is 0 Å². The summed E-state index contributed by atoms with van der Waals surface area (Å²) in [4.78, 5) is 16.6. The molecule has 4 heteroatoms. The summed E-state index contributed by atoms with van der Waals surface area (Å²) in [6.07, 6.45) is 9.31. The van der Waals surface area contributed by atoms with Gasteiger partial charge in [-0.15, -0.1) is 0 Å². The first-order valence-corrected chi connectivity index (χ1v) is 12.3. The zero-order valence-corrected chi connectivity index (χ0v) is 20.6. The average Bonchev–Trinajstić information content (AvgIpc) is 3.26. The minimum atomic E-state index is -0.113. The van der Waals surface area contributed by atoms with Gasteiger partial charge in [-0.05, 0) is 68.0 Å². The molecule has 0 spiro atoms. The van der Waals surface area contributed by atoms with Crippen molar-refractivity contribution in [3.05, 3.63) is 95.5 Å². The molecule has 0 radical (unpaired) electrons. The number of ketones is 1. The zero-order valence-electron chi connectivity index (χ0n) is 20.6. The Morgan fingerprint density at radius 3 is 2.59 bits per heavy atom. The van der Waals surface area contributed by atoms with Gasteiger partial charge in [-0.2, -0.15) is 0 Å². The highest BCUT2D eigenvalue weighted by Gasteiger charge is 2.49. The number of fused-ring (bicyclic) bond motifs is 1. The highest BCUT2D eigenvalue weighted by molar-refractivity contribution is 5.76. The van der Waals surface area contributed by atoms with Gasteiger partial charge in [0, 0.05) is 31.1 Å². The van der Waals surface area contributed by atoms with Crippen LogP contribution in [-0.4, -0.2) is 30.3 Å². The summed E-state index contributed by atoms with van der Waals surface area (Å²) in [5.41, 5.74) is 5.10. The molecule has 0 aromatic heterocycles. The van der Waals surface area contributed by atoms with Crippen molar-refractivity contribution in [1.29, 1.82) is 0 Å². The van der Waals surface area contributed by atoms with E-state index in [0.29, 0.717) is 6.42 Å². The third-order valence-electron chi connectivity index (χ3n) is 7.67. The molecule has 3 atom stereocenters. The molecule has 2 aromatic carbocycles. The molecule has 3 aliphatic rings. The minimum absolute atomic E-state index is 0.113. The lowest BCUT2D eigenvalue weighted by Gasteiger charge is -2.37. The van der Waals surface area contributed by atoms with Crippen LogP contribution in [0.1, 0.15) is 39.2 Å². The van der Waals surface area contributed by atoms with E-state index in [9.17, 15) is 4.79 Å². The van der Waals surface area contributed by atoms with Crippen LogP contribution < -0.4 is 9.64 Å². The number of Topliss-reactive ketones (excluding diaryl/α,β-unsaturated/α-hetero) is 1. The molecule has 0 saturated carbocycles. The third kappa shape index (κ3) is 3.85. The maximum Gasteiger partial charge on any atom is 0.198 e. The van der Waals surface area contributed by atoms with Gasteiger partial charge in [0.2, 0.25) is 0 Å². The number of carbonyl (C=O) groups excluding carboxylic acids is 1. The molecular formula is C30H34N2O2. The van der Waals surface area contributed by atoms with Crippen molar-refractivity contribution in [2.45, 2.75) is 46.1 Å². The maximum absolute atomic E-state index is 11.9. The second-order valence-electron chi connectivity index (χ2n) is 10.0. The molecular weight excluding hydrogens is 420 g/mol. The first-order valence-electron chi connectivity index (χ1n) is 12.3. The number of nitrogens with zero attached hydrogens (tertiary/aromatic N) is 2. The van der Waals surface area contributed by atoms with Crippen LogP contribution >= 0.6 is 0 Å². The number of hydrogen-bond donors (Lipinski definition) is 0. The van der Waals surface area contributed by atoms with Crippen LogP contribution in [0.5, 0.6) is 5.75 Å². The van der Waals surface area contributed by atoms with E-state index in [0.717, 1.165) is 36.7 Å². The van der Waals surface area contributed by atoms with Crippen molar-refractivity contribution < 1.29 is 9.53 Å². The van der Waals surface area contributed by atoms with Crippen LogP contribution in [0.3, 0.4) is 0 Å². The number of benzene rings is 2. The Morgan fingerprint density at radius 1 is 1.15 bits per heavy atom. The van der Waals surface area contributed by atoms with Gasteiger partial charge in [-0.1, -0.05) is 55.5 Å². The molecule has 176 valence electrons. The molecule has 2 aliphatic heterocycles. The molecule has 2 heterocycles. The number of anilines is 1. The highest BCUT2D eigenvalue weighted by Crippen LogP contribution is 2.52. The number of hydrogen-bond acceptors (Lipinski definition) is 4. The van der Waals surface area contributed by atoms with Gasteiger partial charge >= 0.3 is 0 Å². The first-order chi connectivity index (χ1) is 16.4. The Bertz CT molecular complexity index is 1180. The molecule has 3 unspecified atom stereocenters. The number of rotatable bonds is 6. The summed E-state index contributed by atoms with van der Waals surface area (Å²) in [5.74, 6) is 2.31. The Labute approximate surface area is 203 Å². The number of ether oxygens (including phenoxy) is 1. The lowest BCUT2D eigenvalue weighted by atomic mass is 9.69. The van der Waals surface area contributed by atoms with Gasteiger partial charge in [0.1, 0.15) is 5.78 Å². The van der Waals surface area contributed by atoms with E-state index in [1.807, 2.05) is 12.1 Å². The van der Waals surface area contributed by atoms with E-state index in [-0.39, 0.29) is 23.2 Å². The molecule has 0 amide bonds. The molecule has 34 heavy (non-hydrogen) atoms. The lowest BCUT2D eigenvalue weighted by Crippen LogP contribution is -2.41. The van der Waals surface area contributed by atoms with Gasteiger partial charge in [0.25, 0.3) is 0 Å². The van der Waals surface area contributed by atoms with Crippen molar-refractivity contribution in [3.63, 3.8) is 0 Å². The Kier molecular flexibility index (Phi) is 5.85. The first kappa shape index (κ1) is 22.5. The molecule has 1 aliphatic carbocycles. The quantitative estimate of drug-likeness (QED) is 0.526. The monoisotopic (exact) mass is 454 g/mol. The summed E-state index contributed by atoms with van der Waals surface area (Å²) < 4.78 is 6.32. The summed E-state index contributed by atoms with van der Waals surface area (Å²) in [6.45, 7) is 7.24. The summed E-state index contributed by atoms with van der Waals surface area (Å²) >= 11 is 0. The smallest absolute Gasteiger partial charge is 0.198 e. The minimum Gasteiger partial charge on any atom is -0.439 e. The van der Waals surface area contributed by atoms with E-state index in [4.69, 9.17) is 4.74 Å². The van der Waals surface area contributed by atoms with Gasteiger partial charge in [0.05, 0.1) is 11.7 Å². The molecule has 2 aromatic rings. The Hall–Kier alpha value is -3.27. The molecule has 0 saturated heterocycles. The predicted molar refractivity (Wildman–Crippen MR) is 138 cm³/mol. The van der Waals surface area contributed by atoms with Gasteiger partial charge in [-0.25, -0.2) is 0 Å². The molecule has 0 bridgehead atoms. The second-order valence-corrected chi connectivity index (χ2v) is 10.0. The number of carbonyl (C=O) groups is 1. The third-order valence-corrected chi connectivity index (χ3v) is 7.67. The topological polar surface area (TPSA) is 32.8 Å². The van der Waals surface area contributed by atoms with Crippen molar-refractivity contribution >= 4 is 11.5 Å². The summed E-state index contributed by atoms with van der Waals surface area (Å²) in [6, 6.07) is 19.1. The van der Waals surface area contributed by atoms with Gasteiger partial charge in [0.15, 0.2) is 11.6 Å². The molecule has 0 N–H and O–H groups in total. The number of para-hydroxylation sites is 2. The van der Waals surface area contributed by atoms with Crippen molar-refractivity contribution in [2.24, 2.45) is 11.3 Å². The number of allylic oxidation sites excluding steroid dienone is 2. The van der Waals surface area contributed by atoms with Crippen LogP contribution in [0.15, 0.2) is 90.0 Å². The lowest BCUT2D eigenvalue weighted by molar-refractivity contribution is -0.117. The van der Waals surface area contributed by atoms with Crippen molar-refractivity contribution in [2.75, 3.05) is 18.5 Å². The van der Waals surface area contributed by atoms with E-state index in [2.05, 4.69) is 91.4 Å². The van der Waals surface area contributed by atoms with E-state index < -0.39 is 0 Å².